The lowest BCUT2D eigenvalue weighted by Gasteiger charge is -2.31. The molecule has 1 aromatic carbocycles. The van der Waals surface area contributed by atoms with Gasteiger partial charge in [0.1, 0.15) is 17.2 Å². The van der Waals surface area contributed by atoms with Crippen molar-refractivity contribution < 1.29 is 18.6 Å². The van der Waals surface area contributed by atoms with Crippen LogP contribution in [0.3, 0.4) is 0 Å². The van der Waals surface area contributed by atoms with Crippen LogP contribution in [0.25, 0.3) is 5.57 Å². The van der Waals surface area contributed by atoms with Crippen molar-refractivity contribution in [2.24, 2.45) is 0 Å². The molecule has 0 bridgehead atoms. The average molecular weight is 240 g/mol. The minimum Gasteiger partial charge on any atom is -0.492 e. The van der Waals surface area contributed by atoms with E-state index in [1.54, 1.807) is 6.92 Å². The van der Waals surface area contributed by atoms with Crippen molar-refractivity contribution in [3.05, 3.63) is 41.7 Å². The maximum atomic E-state index is 13.5. The lowest BCUT2D eigenvalue weighted by atomic mass is 9.92. The van der Waals surface area contributed by atoms with Gasteiger partial charge in [0.05, 0.1) is 12.9 Å². The Kier molecular flexibility index (Phi) is 3.15. The molecule has 1 aliphatic heterocycles. The Bertz CT molecular complexity index is 457. The van der Waals surface area contributed by atoms with E-state index in [9.17, 15) is 8.78 Å². The number of hydrogen-bond acceptors (Lipinski definition) is 2. The molecule has 0 aromatic heterocycles. The van der Waals surface area contributed by atoms with Crippen LogP contribution in [-0.2, 0) is 4.74 Å². The third-order valence-corrected chi connectivity index (χ3v) is 3.02. The molecular weight excluding hydrogens is 226 g/mol. The van der Waals surface area contributed by atoms with Crippen LogP contribution in [0.1, 0.15) is 25.3 Å². The van der Waals surface area contributed by atoms with Crippen molar-refractivity contribution in [2.75, 3.05) is 6.61 Å². The van der Waals surface area contributed by atoms with Crippen molar-refractivity contribution in [3.63, 3.8) is 0 Å². The van der Waals surface area contributed by atoms with E-state index < -0.39 is 17.2 Å². The third-order valence-electron chi connectivity index (χ3n) is 3.02. The molecule has 92 valence electrons. The molecule has 1 unspecified atom stereocenters. The second-order valence-electron chi connectivity index (χ2n) is 4.49. The number of hydrogen-bond donors (Lipinski definition) is 1. The van der Waals surface area contributed by atoms with Gasteiger partial charge in [0.25, 0.3) is 0 Å². The molecular formula is C13H14F2O2. The zero-order valence-electron chi connectivity index (χ0n) is 9.54. The largest absolute Gasteiger partial charge is 0.492 e. The fraction of sp³-hybridized carbons (Fsp3) is 0.385. The van der Waals surface area contributed by atoms with Crippen molar-refractivity contribution in [3.8, 4) is 0 Å². The maximum absolute atomic E-state index is 13.5. The topological polar surface area (TPSA) is 29.5 Å². The number of rotatable bonds is 2. The zero-order valence-corrected chi connectivity index (χ0v) is 9.54. The Morgan fingerprint density at radius 2 is 2.18 bits per heavy atom. The highest BCUT2D eigenvalue weighted by atomic mass is 19.1. The lowest BCUT2D eigenvalue weighted by molar-refractivity contribution is -0.0233. The van der Waals surface area contributed by atoms with E-state index in [1.165, 1.54) is 18.4 Å². The van der Waals surface area contributed by atoms with Crippen molar-refractivity contribution in [1.82, 2.24) is 0 Å². The smallest absolute Gasteiger partial charge is 0.133 e. The first-order valence-electron chi connectivity index (χ1n) is 5.47. The molecule has 17 heavy (non-hydrogen) atoms. The molecule has 1 aromatic rings. The highest BCUT2D eigenvalue weighted by Crippen LogP contribution is 2.33. The highest BCUT2D eigenvalue weighted by molar-refractivity contribution is 5.65. The molecule has 1 aliphatic rings. The van der Waals surface area contributed by atoms with Crippen LogP contribution in [-0.4, -0.2) is 17.3 Å². The molecule has 0 saturated heterocycles. The molecule has 2 rings (SSSR count). The van der Waals surface area contributed by atoms with Crippen LogP contribution in [0.5, 0.6) is 0 Å². The average Bonchev–Trinajstić information content (AvgIpc) is 2.31. The molecule has 1 atom stereocenters. The van der Waals surface area contributed by atoms with Crippen LogP contribution < -0.4 is 0 Å². The summed E-state index contributed by atoms with van der Waals surface area (Å²) in [4.78, 5) is 0. The molecule has 1 N–H and O–H groups in total. The van der Waals surface area contributed by atoms with Crippen LogP contribution >= 0.6 is 0 Å². The second-order valence-corrected chi connectivity index (χ2v) is 4.49. The van der Waals surface area contributed by atoms with Crippen LogP contribution in [0, 0.1) is 11.6 Å². The number of halogens is 2. The van der Waals surface area contributed by atoms with Gasteiger partial charge in [-0.25, -0.2) is 8.78 Å². The first kappa shape index (κ1) is 12.0. The van der Waals surface area contributed by atoms with Crippen LogP contribution in [0.15, 0.2) is 24.5 Å². The molecule has 0 spiro atoms. The second kappa shape index (κ2) is 4.45. The summed E-state index contributed by atoms with van der Waals surface area (Å²) in [5, 5.41) is 9.12. The van der Waals surface area contributed by atoms with E-state index in [0.29, 0.717) is 24.0 Å². The normalized spacial score (nSPS) is 24.1. The molecule has 2 nitrogen and oxygen atoms in total. The first-order chi connectivity index (χ1) is 8.04. The van der Waals surface area contributed by atoms with Crippen molar-refractivity contribution in [2.45, 2.75) is 25.4 Å². The molecule has 4 heteroatoms. The fourth-order valence-electron chi connectivity index (χ4n) is 1.79. The van der Waals surface area contributed by atoms with Crippen molar-refractivity contribution in [1.29, 1.82) is 0 Å². The van der Waals surface area contributed by atoms with Crippen molar-refractivity contribution >= 4 is 5.57 Å². The molecule has 0 fully saturated rings. The Hall–Kier alpha value is -1.42. The predicted molar refractivity (Wildman–Crippen MR) is 60.1 cm³/mol. The highest BCUT2D eigenvalue weighted by Gasteiger charge is 2.28. The summed E-state index contributed by atoms with van der Waals surface area (Å²) in [6.45, 7) is 1.71. The van der Waals surface area contributed by atoms with Gasteiger partial charge in [0.2, 0.25) is 0 Å². The summed E-state index contributed by atoms with van der Waals surface area (Å²) < 4.78 is 31.7. The molecule has 0 aliphatic carbocycles. The summed E-state index contributed by atoms with van der Waals surface area (Å²) in [6.07, 6.45) is 2.65. The quantitative estimate of drug-likeness (QED) is 0.861. The molecule has 0 amide bonds. The Labute approximate surface area is 98.5 Å². The van der Waals surface area contributed by atoms with E-state index in [-0.39, 0.29) is 6.61 Å². The van der Waals surface area contributed by atoms with E-state index in [2.05, 4.69) is 0 Å². The van der Waals surface area contributed by atoms with E-state index in [1.807, 2.05) is 0 Å². The summed E-state index contributed by atoms with van der Waals surface area (Å²) in [6, 6.07) is 3.48. The van der Waals surface area contributed by atoms with Gasteiger partial charge in [-0.15, -0.1) is 0 Å². The Morgan fingerprint density at radius 3 is 2.71 bits per heavy atom. The number of allylic oxidation sites excluding steroid dienone is 1. The summed E-state index contributed by atoms with van der Waals surface area (Å²) in [5.41, 5.74) is 0.444. The Balaban J connectivity index is 2.25. The van der Waals surface area contributed by atoms with Crippen LogP contribution in [0.4, 0.5) is 8.78 Å². The lowest BCUT2D eigenvalue weighted by Crippen LogP contribution is -2.33. The third kappa shape index (κ3) is 2.47. The van der Waals surface area contributed by atoms with E-state index >= 15 is 0 Å². The van der Waals surface area contributed by atoms with E-state index in [4.69, 9.17) is 9.84 Å². The zero-order chi connectivity index (χ0) is 12.5. The van der Waals surface area contributed by atoms with Gasteiger partial charge in [0.15, 0.2) is 0 Å². The Morgan fingerprint density at radius 1 is 1.41 bits per heavy atom. The molecule has 1 heterocycles. The summed E-state index contributed by atoms with van der Waals surface area (Å²) >= 11 is 0. The minimum absolute atomic E-state index is 0.0807. The van der Waals surface area contributed by atoms with E-state index in [0.717, 1.165) is 6.07 Å². The number of aliphatic hydroxyl groups is 1. The standard InChI is InChI=1S/C13H14F2O2/c1-13(8-16)5-4-9(7-17-13)11-3-2-10(14)6-12(11)15/h2-3,6-7,16H,4-5,8H2,1H3. The van der Waals surface area contributed by atoms with Gasteiger partial charge in [-0.05, 0) is 37.5 Å². The van der Waals surface area contributed by atoms with Gasteiger partial charge in [-0.1, -0.05) is 0 Å². The summed E-state index contributed by atoms with van der Waals surface area (Å²) in [5.74, 6) is -1.18. The first-order valence-corrected chi connectivity index (χ1v) is 5.47. The van der Waals surface area contributed by atoms with Gasteiger partial charge in [-0.3, -0.25) is 0 Å². The summed E-state index contributed by atoms with van der Waals surface area (Å²) in [7, 11) is 0. The van der Waals surface area contributed by atoms with Gasteiger partial charge < -0.3 is 9.84 Å². The van der Waals surface area contributed by atoms with Gasteiger partial charge >= 0.3 is 0 Å². The molecule has 0 saturated carbocycles. The predicted octanol–water partition coefficient (Wildman–Crippen LogP) is 2.87. The van der Waals surface area contributed by atoms with Gasteiger partial charge in [-0.2, -0.15) is 0 Å². The van der Waals surface area contributed by atoms with Gasteiger partial charge in [0, 0.05) is 11.6 Å². The van der Waals surface area contributed by atoms with Crippen LogP contribution in [0.2, 0.25) is 0 Å². The minimum atomic E-state index is -0.597. The number of ether oxygens (including phenoxy) is 1. The number of benzene rings is 1. The maximum Gasteiger partial charge on any atom is 0.133 e. The SMILES string of the molecule is CC1(CO)CCC(c2ccc(F)cc2F)=CO1. The monoisotopic (exact) mass is 240 g/mol. The fourth-order valence-corrected chi connectivity index (χ4v) is 1.79. The molecule has 0 radical (unpaired) electrons. The number of aliphatic hydroxyl groups excluding tert-OH is 1.